The zero-order valence-electron chi connectivity index (χ0n) is 18.8. The number of rotatable bonds is 10. The van der Waals surface area contributed by atoms with Crippen molar-refractivity contribution in [2.75, 3.05) is 6.61 Å². The van der Waals surface area contributed by atoms with E-state index < -0.39 is 30.1 Å². The Morgan fingerprint density at radius 3 is 2.09 bits per heavy atom. The fraction of sp³-hybridized carbons (Fsp3) is 0.400. The van der Waals surface area contributed by atoms with Gasteiger partial charge < -0.3 is 25.6 Å². The fourth-order valence-corrected chi connectivity index (χ4v) is 4.12. The van der Waals surface area contributed by atoms with Crippen LogP contribution in [0.1, 0.15) is 50.2 Å². The molecule has 2 aromatic carbocycles. The summed E-state index contributed by atoms with van der Waals surface area (Å²) >= 11 is 0. The minimum absolute atomic E-state index is 0.0126. The number of ether oxygens (including phenoxy) is 1. The topological polar surface area (TPSA) is 125 Å². The molecule has 0 aliphatic heterocycles. The van der Waals surface area contributed by atoms with Crippen molar-refractivity contribution in [2.24, 2.45) is 0 Å². The lowest BCUT2D eigenvalue weighted by Gasteiger charge is -2.20. The van der Waals surface area contributed by atoms with E-state index in [-0.39, 0.29) is 25.0 Å². The zero-order chi connectivity index (χ0) is 24.0. The first kappa shape index (κ1) is 24.3. The second-order valence-corrected chi connectivity index (χ2v) is 8.24. The van der Waals surface area contributed by atoms with Gasteiger partial charge in [-0.15, -0.1) is 0 Å². The SMILES string of the molecule is CCC(CCC(=O)N[C@H](C(=O)O)[C@@H](C)O)NC(=O)OCC1c2ccccc2-c2ccccc21. The van der Waals surface area contributed by atoms with Gasteiger partial charge in [0.25, 0.3) is 0 Å². The predicted molar refractivity (Wildman–Crippen MR) is 123 cm³/mol. The molecule has 33 heavy (non-hydrogen) atoms. The van der Waals surface area contributed by atoms with E-state index in [2.05, 4.69) is 22.8 Å². The van der Waals surface area contributed by atoms with E-state index >= 15 is 0 Å². The first-order valence-electron chi connectivity index (χ1n) is 11.1. The molecule has 8 heteroatoms. The van der Waals surface area contributed by atoms with Gasteiger partial charge in [0, 0.05) is 18.4 Å². The molecule has 0 saturated carbocycles. The van der Waals surface area contributed by atoms with Crippen LogP contribution in [-0.4, -0.2) is 53.0 Å². The number of hydrogen-bond acceptors (Lipinski definition) is 5. The molecule has 176 valence electrons. The molecule has 0 radical (unpaired) electrons. The van der Waals surface area contributed by atoms with E-state index in [9.17, 15) is 19.5 Å². The van der Waals surface area contributed by atoms with Crippen molar-refractivity contribution in [2.45, 2.75) is 57.2 Å². The van der Waals surface area contributed by atoms with Gasteiger partial charge >= 0.3 is 12.1 Å². The Morgan fingerprint density at radius 2 is 1.58 bits per heavy atom. The molecule has 0 heterocycles. The molecule has 3 rings (SSSR count). The summed E-state index contributed by atoms with van der Waals surface area (Å²) in [6.07, 6.45) is -0.864. The summed E-state index contributed by atoms with van der Waals surface area (Å²) in [5.41, 5.74) is 4.55. The summed E-state index contributed by atoms with van der Waals surface area (Å²) in [5.74, 6) is -1.85. The Kier molecular flexibility index (Phi) is 8.06. The zero-order valence-corrected chi connectivity index (χ0v) is 18.8. The molecule has 0 aromatic heterocycles. The molecule has 4 N–H and O–H groups in total. The first-order valence-corrected chi connectivity index (χ1v) is 11.1. The highest BCUT2D eigenvalue weighted by molar-refractivity contribution is 5.84. The number of carboxylic acid groups (broad SMARTS) is 1. The van der Waals surface area contributed by atoms with Crippen molar-refractivity contribution in [1.29, 1.82) is 0 Å². The number of amides is 2. The summed E-state index contributed by atoms with van der Waals surface area (Å²) < 4.78 is 5.54. The molecular formula is C25H30N2O6. The van der Waals surface area contributed by atoms with E-state index in [0.29, 0.717) is 12.8 Å². The second-order valence-electron chi connectivity index (χ2n) is 8.24. The maximum absolute atomic E-state index is 12.4. The van der Waals surface area contributed by atoms with E-state index in [0.717, 1.165) is 22.3 Å². The van der Waals surface area contributed by atoms with Crippen LogP contribution < -0.4 is 10.6 Å². The van der Waals surface area contributed by atoms with Crippen molar-refractivity contribution in [3.63, 3.8) is 0 Å². The van der Waals surface area contributed by atoms with Crippen LogP contribution in [0.25, 0.3) is 11.1 Å². The second kappa shape index (κ2) is 11.0. The van der Waals surface area contributed by atoms with E-state index in [4.69, 9.17) is 9.84 Å². The third-order valence-electron chi connectivity index (χ3n) is 5.94. The largest absolute Gasteiger partial charge is 0.480 e. The van der Waals surface area contributed by atoms with Gasteiger partial charge in [0.1, 0.15) is 6.61 Å². The van der Waals surface area contributed by atoms with Gasteiger partial charge in [-0.1, -0.05) is 55.5 Å². The van der Waals surface area contributed by atoms with Crippen LogP contribution in [0.4, 0.5) is 4.79 Å². The average molecular weight is 455 g/mol. The maximum Gasteiger partial charge on any atom is 0.407 e. The van der Waals surface area contributed by atoms with Crippen LogP contribution in [0.2, 0.25) is 0 Å². The lowest BCUT2D eigenvalue weighted by molar-refractivity contribution is -0.144. The lowest BCUT2D eigenvalue weighted by Crippen LogP contribution is -2.48. The summed E-state index contributed by atoms with van der Waals surface area (Å²) in [6.45, 7) is 3.38. The predicted octanol–water partition coefficient (Wildman–Crippen LogP) is 3.03. The number of carbonyl (C=O) groups excluding carboxylic acids is 2. The molecule has 0 saturated heterocycles. The van der Waals surface area contributed by atoms with Crippen molar-refractivity contribution >= 4 is 18.0 Å². The smallest absolute Gasteiger partial charge is 0.407 e. The van der Waals surface area contributed by atoms with E-state index in [1.807, 2.05) is 43.3 Å². The van der Waals surface area contributed by atoms with Gasteiger partial charge in [-0.3, -0.25) is 4.79 Å². The molecule has 2 aromatic rings. The number of hydrogen-bond donors (Lipinski definition) is 4. The van der Waals surface area contributed by atoms with Crippen LogP contribution in [0.3, 0.4) is 0 Å². The van der Waals surface area contributed by atoms with Gasteiger partial charge in [-0.2, -0.15) is 0 Å². The van der Waals surface area contributed by atoms with E-state index in [1.54, 1.807) is 0 Å². The molecule has 2 amide bonds. The van der Waals surface area contributed by atoms with Crippen LogP contribution in [0, 0.1) is 0 Å². The number of carboxylic acids is 1. The third-order valence-corrected chi connectivity index (χ3v) is 5.94. The Balaban J connectivity index is 1.52. The maximum atomic E-state index is 12.4. The molecule has 8 nitrogen and oxygen atoms in total. The van der Waals surface area contributed by atoms with Gasteiger partial charge in [0.15, 0.2) is 6.04 Å². The van der Waals surface area contributed by atoms with Crippen molar-refractivity contribution in [3.05, 3.63) is 59.7 Å². The molecule has 0 spiro atoms. The first-order chi connectivity index (χ1) is 15.8. The van der Waals surface area contributed by atoms with Crippen molar-refractivity contribution in [3.8, 4) is 11.1 Å². The Hall–Kier alpha value is -3.39. The van der Waals surface area contributed by atoms with Crippen LogP contribution in [0.5, 0.6) is 0 Å². The van der Waals surface area contributed by atoms with Gasteiger partial charge in [-0.25, -0.2) is 9.59 Å². The number of aliphatic hydroxyl groups excluding tert-OH is 1. The molecular weight excluding hydrogens is 424 g/mol. The molecule has 1 aliphatic rings. The number of benzene rings is 2. The van der Waals surface area contributed by atoms with Crippen LogP contribution in [-0.2, 0) is 14.3 Å². The number of aliphatic hydroxyl groups is 1. The summed E-state index contributed by atoms with van der Waals surface area (Å²) in [5, 5.41) is 23.6. The lowest BCUT2D eigenvalue weighted by atomic mass is 9.98. The quantitative estimate of drug-likeness (QED) is 0.437. The normalized spacial score (nSPS) is 15.0. The highest BCUT2D eigenvalue weighted by atomic mass is 16.5. The Morgan fingerprint density at radius 1 is 1.00 bits per heavy atom. The molecule has 0 fully saturated rings. The Bertz CT molecular complexity index is 960. The Labute approximate surface area is 193 Å². The summed E-state index contributed by atoms with van der Waals surface area (Å²) in [4.78, 5) is 35.6. The van der Waals surface area contributed by atoms with E-state index in [1.165, 1.54) is 6.92 Å². The number of nitrogens with one attached hydrogen (secondary N) is 2. The number of carbonyl (C=O) groups is 3. The highest BCUT2D eigenvalue weighted by Gasteiger charge is 2.29. The standard InChI is InChI=1S/C25H30N2O6/c1-3-16(12-13-22(29)27-23(15(2)28)24(30)31)26-25(32)33-14-21-19-10-6-4-8-17(19)18-9-5-7-11-20(18)21/h4-11,15-16,21,23,28H,3,12-14H2,1-2H3,(H,26,32)(H,27,29)(H,30,31)/t15-,16?,23+/m1/s1. The molecule has 3 atom stereocenters. The summed E-state index contributed by atoms with van der Waals surface area (Å²) in [7, 11) is 0. The van der Waals surface area contributed by atoms with Crippen molar-refractivity contribution in [1.82, 2.24) is 10.6 Å². The minimum atomic E-state index is -1.37. The number of fused-ring (bicyclic) bond motifs is 3. The molecule has 1 unspecified atom stereocenters. The minimum Gasteiger partial charge on any atom is -0.480 e. The molecule has 0 bridgehead atoms. The number of alkyl carbamates (subject to hydrolysis) is 1. The van der Waals surface area contributed by atoms with Gasteiger partial charge in [0.05, 0.1) is 6.10 Å². The van der Waals surface area contributed by atoms with Crippen LogP contribution in [0.15, 0.2) is 48.5 Å². The third kappa shape index (κ3) is 5.90. The van der Waals surface area contributed by atoms with Crippen LogP contribution >= 0.6 is 0 Å². The monoisotopic (exact) mass is 454 g/mol. The molecule has 1 aliphatic carbocycles. The fourth-order valence-electron chi connectivity index (χ4n) is 4.12. The van der Waals surface area contributed by atoms with Crippen molar-refractivity contribution < 1.29 is 29.3 Å². The number of aliphatic carboxylic acids is 1. The summed E-state index contributed by atoms with van der Waals surface area (Å²) in [6, 6.07) is 14.5. The van der Waals surface area contributed by atoms with Gasteiger partial charge in [0.2, 0.25) is 5.91 Å². The average Bonchev–Trinajstić information content (AvgIpc) is 3.12. The van der Waals surface area contributed by atoms with Gasteiger partial charge in [-0.05, 0) is 42.0 Å². The highest BCUT2D eigenvalue weighted by Crippen LogP contribution is 2.44.